The summed E-state index contributed by atoms with van der Waals surface area (Å²) >= 11 is 0.852. The van der Waals surface area contributed by atoms with Gasteiger partial charge in [0.25, 0.3) is 5.69 Å². The molecule has 0 unspecified atom stereocenters. The highest BCUT2D eigenvalue weighted by Crippen LogP contribution is 2.29. The Morgan fingerprint density at radius 2 is 1.76 bits per heavy atom. The second-order valence-corrected chi connectivity index (χ2v) is 7.11. The van der Waals surface area contributed by atoms with E-state index in [0.717, 1.165) is 11.3 Å². The number of non-ortho nitro benzene ring substituents is 1. The summed E-state index contributed by atoms with van der Waals surface area (Å²) in [6.45, 7) is 0. The lowest BCUT2D eigenvalue weighted by molar-refractivity contribution is -0.384. The third-order valence-corrected chi connectivity index (χ3v) is 5.47. The number of hydrogen-bond donors (Lipinski definition) is 0. The zero-order valence-electron chi connectivity index (χ0n) is 15.6. The van der Waals surface area contributed by atoms with Crippen molar-refractivity contribution in [2.24, 2.45) is 4.99 Å². The van der Waals surface area contributed by atoms with Crippen LogP contribution in [0.15, 0.2) is 29.3 Å². The van der Waals surface area contributed by atoms with Gasteiger partial charge in [-0.25, -0.2) is 14.6 Å². The molecule has 29 heavy (non-hydrogen) atoms. The molecule has 1 aliphatic rings. The van der Waals surface area contributed by atoms with Gasteiger partial charge in [0.1, 0.15) is 9.55 Å². The van der Waals surface area contributed by atoms with Gasteiger partial charge >= 0.3 is 11.9 Å². The number of fused-ring (bicyclic) bond motifs is 1. The molecule has 0 radical (unpaired) electrons. The summed E-state index contributed by atoms with van der Waals surface area (Å²) in [4.78, 5) is 52.1. The standard InChI is InChI=1S/C19H16N2O7S/c1-27-18(23)15-12-4-3-5-13(22)14(12)17(29-16(15)19(24)28-2)20-10-6-8-11(9-7-10)21(25)26/h6-9H,3-5H2,1-2H3. The van der Waals surface area contributed by atoms with E-state index in [1.165, 1.54) is 38.5 Å². The molecule has 10 heteroatoms. The van der Waals surface area contributed by atoms with E-state index in [0.29, 0.717) is 30.5 Å². The minimum Gasteiger partial charge on any atom is -0.465 e. The van der Waals surface area contributed by atoms with Gasteiger partial charge in [0.15, 0.2) is 5.78 Å². The van der Waals surface area contributed by atoms with Crippen LogP contribution in [0, 0.1) is 10.1 Å². The molecule has 1 aliphatic carbocycles. The number of carbonyl (C=O) groups excluding carboxylic acids is 3. The average Bonchev–Trinajstić information content (AvgIpc) is 2.72. The molecule has 0 saturated carbocycles. The zero-order valence-corrected chi connectivity index (χ0v) is 16.4. The van der Waals surface area contributed by atoms with Gasteiger partial charge in [0.05, 0.1) is 36.0 Å². The minimum absolute atomic E-state index is 0.00605. The van der Waals surface area contributed by atoms with Crippen LogP contribution < -0.4 is 4.67 Å². The van der Waals surface area contributed by atoms with Crippen molar-refractivity contribution in [3.05, 3.63) is 60.6 Å². The number of benzene rings is 1. The summed E-state index contributed by atoms with van der Waals surface area (Å²) in [5.41, 5.74) is 0.978. The predicted octanol–water partition coefficient (Wildman–Crippen LogP) is 2.98. The van der Waals surface area contributed by atoms with E-state index in [4.69, 9.17) is 9.47 Å². The topological polar surface area (TPSA) is 125 Å². The van der Waals surface area contributed by atoms with Gasteiger partial charge < -0.3 is 9.47 Å². The van der Waals surface area contributed by atoms with Gasteiger partial charge in [0, 0.05) is 18.6 Å². The fraction of sp³-hybridized carbons (Fsp3) is 0.263. The Bertz CT molecular complexity index is 1090. The summed E-state index contributed by atoms with van der Waals surface area (Å²) in [7, 11) is 2.38. The summed E-state index contributed by atoms with van der Waals surface area (Å²) in [5, 5.41) is 10.8. The maximum absolute atomic E-state index is 12.6. The van der Waals surface area contributed by atoms with Crippen molar-refractivity contribution >= 4 is 40.4 Å². The van der Waals surface area contributed by atoms with E-state index in [1.807, 2.05) is 0 Å². The number of nitro groups is 1. The number of hydrogen-bond acceptors (Lipinski definition) is 9. The first-order chi connectivity index (χ1) is 13.9. The van der Waals surface area contributed by atoms with Crippen LogP contribution in [0.5, 0.6) is 0 Å². The normalized spacial score (nSPS) is 13.6. The van der Waals surface area contributed by atoms with Crippen LogP contribution in [0.3, 0.4) is 0 Å². The third kappa shape index (κ3) is 3.92. The maximum atomic E-state index is 12.6. The molecule has 0 N–H and O–H groups in total. The molecular weight excluding hydrogens is 400 g/mol. The number of ketones is 1. The molecule has 1 aromatic heterocycles. The lowest BCUT2D eigenvalue weighted by Crippen LogP contribution is -2.27. The average molecular weight is 416 g/mol. The Hall–Kier alpha value is -3.40. The van der Waals surface area contributed by atoms with Crippen molar-refractivity contribution in [2.45, 2.75) is 19.3 Å². The number of esters is 2. The summed E-state index contributed by atoms with van der Waals surface area (Å²) in [6.07, 6.45) is 1.23. The molecule has 0 bridgehead atoms. The quantitative estimate of drug-likeness (QED) is 0.426. The molecule has 1 aromatic carbocycles. The van der Waals surface area contributed by atoms with E-state index in [9.17, 15) is 24.5 Å². The van der Waals surface area contributed by atoms with Crippen LogP contribution >= 0.6 is 11.3 Å². The van der Waals surface area contributed by atoms with Crippen LogP contribution in [0.2, 0.25) is 0 Å². The smallest absolute Gasteiger partial charge is 0.349 e. The molecule has 0 saturated heterocycles. The Labute approximate surface area is 168 Å². The Kier molecular flexibility index (Phi) is 5.83. The molecular formula is C19H16N2O7S. The molecule has 0 amide bonds. The third-order valence-electron chi connectivity index (χ3n) is 4.40. The number of carbonyl (C=O) groups is 3. The number of rotatable bonds is 4. The van der Waals surface area contributed by atoms with E-state index >= 15 is 0 Å². The van der Waals surface area contributed by atoms with Gasteiger partial charge in [-0.05, 0) is 30.5 Å². The molecule has 9 nitrogen and oxygen atoms in total. The molecule has 2 aromatic rings. The second kappa shape index (κ2) is 8.31. The van der Waals surface area contributed by atoms with Crippen molar-refractivity contribution < 1.29 is 28.8 Å². The molecule has 0 fully saturated rings. The summed E-state index contributed by atoms with van der Waals surface area (Å²) in [6, 6.07) is 5.47. The van der Waals surface area contributed by atoms with Crippen molar-refractivity contribution in [3.63, 3.8) is 0 Å². The van der Waals surface area contributed by atoms with Gasteiger partial charge in [-0.15, -0.1) is 11.3 Å². The number of nitrogens with zero attached hydrogens (tertiary/aromatic N) is 2. The van der Waals surface area contributed by atoms with Crippen LogP contribution in [-0.4, -0.2) is 36.9 Å². The lowest BCUT2D eigenvalue weighted by atomic mass is 9.89. The van der Waals surface area contributed by atoms with E-state index in [1.54, 1.807) is 0 Å². The fourth-order valence-electron chi connectivity index (χ4n) is 3.08. The number of methoxy groups -OCH3 is 2. The molecule has 1 heterocycles. The fourth-order valence-corrected chi connectivity index (χ4v) is 4.24. The highest BCUT2D eigenvalue weighted by molar-refractivity contribution is 7.11. The van der Waals surface area contributed by atoms with Crippen LogP contribution in [0.4, 0.5) is 11.4 Å². The van der Waals surface area contributed by atoms with E-state index in [2.05, 4.69) is 4.99 Å². The first-order valence-electron chi connectivity index (χ1n) is 8.56. The van der Waals surface area contributed by atoms with Gasteiger partial charge in [0.2, 0.25) is 0 Å². The monoisotopic (exact) mass is 416 g/mol. The van der Waals surface area contributed by atoms with Crippen LogP contribution in [0.25, 0.3) is 0 Å². The van der Waals surface area contributed by atoms with Crippen LogP contribution in [-0.2, 0) is 15.9 Å². The largest absolute Gasteiger partial charge is 0.465 e. The SMILES string of the molecule is COC(=O)c1sc(=Nc2ccc([N+](=O)[O-])cc2)c2c(c1C(=O)OC)CCCC2=O. The van der Waals surface area contributed by atoms with Gasteiger partial charge in [-0.3, -0.25) is 14.9 Å². The molecule has 3 rings (SSSR count). The number of nitro benzene ring substituents is 1. The molecule has 150 valence electrons. The molecule has 0 aliphatic heterocycles. The van der Waals surface area contributed by atoms with E-state index in [-0.39, 0.29) is 32.1 Å². The van der Waals surface area contributed by atoms with Crippen LogP contribution in [0.1, 0.15) is 48.8 Å². The lowest BCUT2D eigenvalue weighted by Gasteiger charge is -2.19. The summed E-state index contributed by atoms with van der Waals surface area (Å²) < 4.78 is 9.86. The number of ether oxygens (including phenoxy) is 2. The van der Waals surface area contributed by atoms with Gasteiger partial charge in [-0.1, -0.05) is 0 Å². The minimum atomic E-state index is -0.739. The zero-order chi connectivity index (χ0) is 21.1. The first kappa shape index (κ1) is 20.3. The van der Waals surface area contributed by atoms with E-state index < -0.39 is 16.9 Å². The summed E-state index contributed by atoms with van der Waals surface area (Å²) in [5.74, 6) is -1.66. The first-order valence-corrected chi connectivity index (χ1v) is 9.38. The van der Waals surface area contributed by atoms with Crippen molar-refractivity contribution in [2.75, 3.05) is 14.2 Å². The van der Waals surface area contributed by atoms with Crippen molar-refractivity contribution in [1.29, 1.82) is 0 Å². The van der Waals surface area contributed by atoms with Crippen molar-refractivity contribution in [3.8, 4) is 0 Å². The molecule has 0 spiro atoms. The second-order valence-electron chi connectivity index (χ2n) is 6.11. The Morgan fingerprint density at radius 3 is 2.34 bits per heavy atom. The number of Topliss-reactive ketones (excluding diaryl/α,β-unsaturated/α-hetero) is 1. The Morgan fingerprint density at radius 1 is 1.10 bits per heavy atom. The van der Waals surface area contributed by atoms with Gasteiger partial charge in [-0.2, -0.15) is 0 Å². The van der Waals surface area contributed by atoms with Crippen molar-refractivity contribution in [1.82, 2.24) is 0 Å². The highest BCUT2D eigenvalue weighted by atomic mass is 32.1. The predicted molar refractivity (Wildman–Crippen MR) is 103 cm³/mol. The highest BCUT2D eigenvalue weighted by Gasteiger charge is 2.31. The molecule has 0 atom stereocenters. The Balaban J connectivity index is 2.31. The maximum Gasteiger partial charge on any atom is 0.349 e.